The van der Waals surface area contributed by atoms with Gasteiger partial charge in [0.15, 0.2) is 6.10 Å². The second-order valence-corrected chi connectivity index (χ2v) is 7.88. The van der Waals surface area contributed by atoms with Gasteiger partial charge >= 0.3 is 5.97 Å². The van der Waals surface area contributed by atoms with E-state index in [-0.39, 0.29) is 6.61 Å². The summed E-state index contributed by atoms with van der Waals surface area (Å²) in [6.45, 7) is 4.77. The van der Waals surface area contributed by atoms with Gasteiger partial charge in [0.1, 0.15) is 18.3 Å². The number of esters is 1. The van der Waals surface area contributed by atoms with E-state index < -0.39 is 30.4 Å². The first-order valence-corrected chi connectivity index (χ1v) is 11.0. The molecule has 4 atom stereocenters. The van der Waals surface area contributed by atoms with Crippen LogP contribution >= 0.6 is 0 Å². The van der Waals surface area contributed by atoms with E-state index in [0.29, 0.717) is 13.2 Å². The number of carbonyl (C=O) groups excluding carboxylic acids is 1. The highest BCUT2D eigenvalue weighted by molar-refractivity contribution is 5.77. The van der Waals surface area contributed by atoms with Gasteiger partial charge in [-0.2, -0.15) is 0 Å². The molecule has 0 unspecified atom stereocenters. The van der Waals surface area contributed by atoms with Crippen molar-refractivity contribution in [1.82, 2.24) is 0 Å². The Morgan fingerprint density at radius 1 is 0.667 bits per heavy atom. The van der Waals surface area contributed by atoms with E-state index in [4.69, 9.17) is 18.9 Å². The summed E-state index contributed by atoms with van der Waals surface area (Å²) in [5.74, 6) is -0.478. The molecule has 1 heterocycles. The van der Waals surface area contributed by atoms with Gasteiger partial charge in [0, 0.05) is 0 Å². The first kappa shape index (κ1) is 22.9. The van der Waals surface area contributed by atoms with Crippen molar-refractivity contribution in [3.05, 3.63) is 120 Å². The van der Waals surface area contributed by atoms with Gasteiger partial charge in [-0.1, -0.05) is 97.6 Å². The van der Waals surface area contributed by atoms with E-state index in [1.54, 1.807) is 6.08 Å². The minimum atomic E-state index is -0.925. The zero-order valence-corrected chi connectivity index (χ0v) is 18.4. The molecule has 5 heteroatoms. The van der Waals surface area contributed by atoms with Gasteiger partial charge in [-0.15, -0.1) is 0 Å². The van der Waals surface area contributed by atoms with Crippen LogP contribution in [0.2, 0.25) is 0 Å². The monoisotopic (exact) mass is 444 g/mol. The minimum absolute atomic E-state index is 0.260. The fraction of sp³-hybridized carbons (Fsp3) is 0.250. The summed E-state index contributed by atoms with van der Waals surface area (Å²) in [5, 5.41) is 0. The van der Waals surface area contributed by atoms with Crippen LogP contribution < -0.4 is 0 Å². The molecular weight excluding hydrogens is 416 g/mol. The van der Waals surface area contributed by atoms with Crippen molar-refractivity contribution in [1.29, 1.82) is 0 Å². The van der Waals surface area contributed by atoms with Gasteiger partial charge in [0.2, 0.25) is 0 Å². The van der Waals surface area contributed by atoms with E-state index >= 15 is 0 Å². The van der Waals surface area contributed by atoms with Crippen molar-refractivity contribution >= 4 is 5.97 Å². The molecule has 0 radical (unpaired) electrons. The molecule has 3 aromatic rings. The Morgan fingerprint density at radius 2 is 1.09 bits per heavy atom. The van der Waals surface area contributed by atoms with Gasteiger partial charge in [0.05, 0.1) is 19.8 Å². The summed E-state index contributed by atoms with van der Waals surface area (Å²) < 4.78 is 24.2. The van der Waals surface area contributed by atoms with Crippen LogP contribution in [0, 0.1) is 0 Å². The highest BCUT2D eigenvalue weighted by Gasteiger charge is 2.47. The molecule has 1 saturated heterocycles. The first-order chi connectivity index (χ1) is 16.2. The maximum Gasteiger partial charge on any atom is 0.338 e. The second-order valence-electron chi connectivity index (χ2n) is 7.88. The van der Waals surface area contributed by atoms with Gasteiger partial charge in [-0.05, 0) is 22.8 Å². The molecule has 0 amide bonds. The predicted octanol–water partition coefficient (Wildman–Crippen LogP) is 4.85. The second kappa shape index (κ2) is 11.6. The Labute approximate surface area is 194 Å². The van der Waals surface area contributed by atoms with Gasteiger partial charge in [-0.3, -0.25) is 0 Å². The number of hydrogen-bond acceptors (Lipinski definition) is 5. The quantitative estimate of drug-likeness (QED) is 0.330. The van der Waals surface area contributed by atoms with Crippen molar-refractivity contribution in [2.24, 2.45) is 0 Å². The Morgan fingerprint density at radius 3 is 1.55 bits per heavy atom. The minimum Gasteiger partial charge on any atom is -0.453 e. The molecule has 1 aliphatic rings. The van der Waals surface area contributed by atoms with E-state index in [1.807, 2.05) is 91.0 Å². The van der Waals surface area contributed by atoms with Crippen LogP contribution in [0.15, 0.2) is 104 Å². The smallest absolute Gasteiger partial charge is 0.338 e. The third-order valence-corrected chi connectivity index (χ3v) is 5.51. The van der Waals surface area contributed by atoms with E-state index in [9.17, 15) is 4.79 Å². The summed E-state index contributed by atoms with van der Waals surface area (Å²) in [6, 6.07) is 29.4. The fourth-order valence-corrected chi connectivity index (χ4v) is 3.77. The van der Waals surface area contributed by atoms with Crippen LogP contribution in [-0.2, 0) is 43.6 Å². The highest BCUT2D eigenvalue weighted by Crippen LogP contribution is 2.28. The molecule has 170 valence electrons. The third kappa shape index (κ3) is 6.17. The Bertz CT molecular complexity index is 1010. The molecule has 3 aromatic carbocycles. The van der Waals surface area contributed by atoms with E-state index in [0.717, 1.165) is 16.7 Å². The summed E-state index contributed by atoms with van der Waals surface area (Å²) in [6.07, 6.45) is -1.21. The molecule has 0 saturated carbocycles. The third-order valence-electron chi connectivity index (χ3n) is 5.51. The largest absolute Gasteiger partial charge is 0.453 e. The van der Waals surface area contributed by atoms with Crippen molar-refractivity contribution in [3.63, 3.8) is 0 Å². The number of ether oxygens (including phenoxy) is 4. The molecule has 4 rings (SSSR count). The van der Waals surface area contributed by atoms with Crippen LogP contribution in [0.5, 0.6) is 0 Å². The molecule has 1 aliphatic heterocycles. The summed E-state index contributed by atoms with van der Waals surface area (Å²) >= 11 is 0. The van der Waals surface area contributed by atoms with Crippen LogP contribution in [0.1, 0.15) is 16.7 Å². The summed E-state index contributed by atoms with van der Waals surface area (Å²) in [5.41, 5.74) is 2.97. The SMILES string of the molecule is C=C[C@H]1OC(=O)[C@H](OCc2ccccc2)[C@@H](OCc2ccccc2)[C@@H]1OCc1ccccc1. The van der Waals surface area contributed by atoms with E-state index in [2.05, 4.69) is 6.58 Å². The molecule has 1 fully saturated rings. The summed E-state index contributed by atoms with van der Waals surface area (Å²) in [4.78, 5) is 12.9. The molecule has 33 heavy (non-hydrogen) atoms. The average molecular weight is 445 g/mol. The fourth-order valence-electron chi connectivity index (χ4n) is 3.77. The number of hydrogen-bond donors (Lipinski definition) is 0. The number of rotatable bonds is 10. The number of benzene rings is 3. The maximum atomic E-state index is 12.9. The Balaban J connectivity index is 1.54. The van der Waals surface area contributed by atoms with Gasteiger partial charge in [-0.25, -0.2) is 4.79 Å². The molecule has 5 nitrogen and oxygen atoms in total. The lowest BCUT2D eigenvalue weighted by Gasteiger charge is -2.40. The lowest BCUT2D eigenvalue weighted by atomic mass is 9.98. The van der Waals surface area contributed by atoms with Crippen LogP contribution in [0.3, 0.4) is 0 Å². The standard InChI is InChI=1S/C28H28O5/c1-2-24-25(30-18-21-12-6-3-7-13-21)26(31-19-22-14-8-4-9-15-22)27(28(29)33-24)32-20-23-16-10-5-11-17-23/h2-17,24-27H,1,18-20H2/t24-,25-,26+,27-/m1/s1. The normalized spacial score (nSPS) is 22.5. The van der Waals surface area contributed by atoms with Gasteiger partial charge < -0.3 is 18.9 Å². The number of cyclic esters (lactones) is 1. The predicted molar refractivity (Wildman–Crippen MR) is 125 cm³/mol. The van der Waals surface area contributed by atoms with Crippen LogP contribution in [-0.4, -0.2) is 30.4 Å². The van der Waals surface area contributed by atoms with Crippen molar-refractivity contribution < 1.29 is 23.7 Å². The van der Waals surface area contributed by atoms with Gasteiger partial charge in [0.25, 0.3) is 0 Å². The highest BCUT2D eigenvalue weighted by atomic mass is 16.6. The van der Waals surface area contributed by atoms with Crippen LogP contribution in [0.4, 0.5) is 0 Å². The number of carbonyl (C=O) groups is 1. The molecule has 0 N–H and O–H groups in total. The molecule has 0 aliphatic carbocycles. The zero-order valence-electron chi connectivity index (χ0n) is 18.4. The molecular formula is C28H28O5. The topological polar surface area (TPSA) is 54.0 Å². The molecule has 0 bridgehead atoms. The zero-order chi connectivity index (χ0) is 22.9. The molecule has 0 aromatic heterocycles. The Kier molecular flexibility index (Phi) is 8.04. The van der Waals surface area contributed by atoms with Crippen molar-refractivity contribution in [2.75, 3.05) is 0 Å². The lowest BCUT2D eigenvalue weighted by molar-refractivity contribution is -0.226. The van der Waals surface area contributed by atoms with Crippen molar-refractivity contribution in [3.8, 4) is 0 Å². The maximum absolute atomic E-state index is 12.9. The summed E-state index contributed by atoms with van der Waals surface area (Å²) in [7, 11) is 0. The van der Waals surface area contributed by atoms with E-state index in [1.165, 1.54) is 0 Å². The Hall–Kier alpha value is -3.25. The van der Waals surface area contributed by atoms with Crippen LogP contribution in [0.25, 0.3) is 0 Å². The first-order valence-electron chi connectivity index (χ1n) is 11.0. The lowest BCUT2D eigenvalue weighted by Crippen LogP contribution is -2.57. The average Bonchev–Trinajstić information content (AvgIpc) is 2.87. The van der Waals surface area contributed by atoms with Crippen molar-refractivity contribution in [2.45, 2.75) is 44.2 Å². The molecule has 0 spiro atoms.